The van der Waals surface area contributed by atoms with E-state index in [2.05, 4.69) is 48.5 Å². The summed E-state index contributed by atoms with van der Waals surface area (Å²) in [5, 5.41) is 30.4. The number of aromatic hydroxyl groups is 2. The lowest BCUT2D eigenvalue weighted by Crippen LogP contribution is -2.59. The molecule has 0 radical (unpaired) electrons. The molecule has 5 fully saturated rings. The first kappa shape index (κ1) is 32.2. The Labute approximate surface area is 266 Å². The average molecular weight is 609 g/mol. The van der Waals surface area contributed by atoms with Crippen molar-refractivity contribution in [2.24, 2.45) is 56.7 Å². The van der Waals surface area contributed by atoms with Crippen LogP contribution < -0.4 is 0 Å². The quantitative estimate of drug-likeness (QED) is 0.235. The Hall–Kier alpha value is -1.75. The fourth-order valence-corrected chi connectivity index (χ4v) is 13.0. The van der Waals surface area contributed by atoms with Crippen molar-refractivity contribution >= 4 is 5.97 Å². The molecule has 0 saturated heterocycles. The van der Waals surface area contributed by atoms with Gasteiger partial charge in [0.25, 0.3) is 0 Å². The third kappa shape index (κ3) is 5.01. The van der Waals surface area contributed by atoms with Gasteiger partial charge in [0.2, 0.25) is 0 Å². The molecule has 0 aliphatic heterocycles. The highest BCUT2D eigenvalue weighted by atomic mass is 16.5. The highest BCUT2D eigenvalue weighted by molar-refractivity contribution is 5.70. The summed E-state index contributed by atoms with van der Waals surface area (Å²) in [5.74, 6) is 2.94. The Balaban J connectivity index is 1.17. The van der Waals surface area contributed by atoms with Gasteiger partial charge in [0.15, 0.2) is 11.5 Å². The number of phenolic OH excluding ortho intramolecular Hbond substituents is 2. The Morgan fingerprint density at radius 3 is 2.18 bits per heavy atom. The minimum atomic E-state index is -0.171. The van der Waals surface area contributed by atoms with E-state index in [9.17, 15) is 20.1 Å². The second kappa shape index (κ2) is 10.9. The van der Waals surface area contributed by atoms with E-state index in [4.69, 9.17) is 4.74 Å². The fourth-order valence-electron chi connectivity index (χ4n) is 13.0. The number of benzene rings is 1. The van der Waals surface area contributed by atoms with E-state index < -0.39 is 0 Å². The van der Waals surface area contributed by atoms with E-state index >= 15 is 0 Å². The van der Waals surface area contributed by atoms with Crippen LogP contribution in [0.2, 0.25) is 0 Å². The number of aryl methyl sites for hydroxylation is 1. The number of carbonyl (C=O) groups is 1. The predicted molar refractivity (Wildman–Crippen MR) is 174 cm³/mol. The van der Waals surface area contributed by atoms with E-state index in [1.165, 1.54) is 63.5 Å². The molecule has 246 valence electrons. The predicted octanol–water partition coefficient (Wildman–Crippen LogP) is 8.81. The van der Waals surface area contributed by atoms with Crippen molar-refractivity contribution in [1.82, 2.24) is 0 Å². The largest absolute Gasteiger partial charge is 0.504 e. The van der Waals surface area contributed by atoms with Gasteiger partial charge in [0, 0.05) is 11.8 Å². The maximum absolute atomic E-state index is 13.1. The standard InChI is InChI=1S/C39H60O5/c1-35(2)29-13-10-25-23-37(5)19-16-30-36(3,4)33(44-34(43)15-9-24-8-12-27(40)28(41)22-24)18-21-39(30,7)31(37)14-11-26(25)38(29,6)20-17-32(35)42/h8,12,22,25-26,29-33,40-42H,9-11,13-21,23H2,1-7H3/t25?,26-,29-,30-,31-,32-,33-,37-,38+,39-/m0/s1. The minimum Gasteiger partial charge on any atom is -0.504 e. The van der Waals surface area contributed by atoms with Crippen LogP contribution in [0.15, 0.2) is 18.2 Å². The van der Waals surface area contributed by atoms with Gasteiger partial charge in [0.05, 0.1) is 6.10 Å². The lowest BCUT2D eigenvalue weighted by molar-refractivity contribution is -0.194. The van der Waals surface area contributed by atoms with Crippen LogP contribution in [0.4, 0.5) is 0 Å². The third-order valence-electron chi connectivity index (χ3n) is 15.3. The third-order valence-corrected chi connectivity index (χ3v) is 15.3. The second-order valence-electron chi connectivity index (χ2n) is 18.1. The van der Waals surface area contributed by atoms with Crippen molar-refractivity contribution in [3.63, 3.8) is 0 Å². The number of hydrogen-bond donors (Lipinski definition) is 3. The van der Waals surface area contributed by atoms with Crippen LogP contribution in [0.3, 0.4) is 0 Å². The molecule has 5 heteroatoms. The Kier molecular flexibility index (Phi) is 7.99. The Morgan fingerprint density at radius 1 is 0.773 bits per heavy atom. The van der Waals surface area contributed by atoms with Gasteiger partial charge in [-0.05, 0) is 146 Å². The summed E-state index contributed by atoms with van der Waals surface area (Å²) in [6.07, 6.45) is 13.8. The van der Waals surface area contributed by atoms with Crippen molar-refractivity contribution in [2.75, 3.05) is 0 Å². The number of phenols is 2. The van der Waals surface area contributed by atoms with Crippen molar-refractivity contribution in [3.8, 4) is 11.5 Å². The monoisotopic (exact) mass is 608 g/mol. The number of fused-ring (bicyclic) bond motifs is 6. The molecule has 1 aromatic rings. The summed E-state index contributed by atoms with van der Waals surface area (Å²) >= 11 is 0. The first-order chi connectivity index (χ1) is 20.5. The van der Waals surface area contributed by atoms with Gasteiger partial charge in [-0.15, -0.1) is 0 Å². The Morgan fingerprint density at radius 2 is 1.45 bits per heavy atom. The number of esters is 1. The smallest absolute Gasteiger partial charge is 0.306 e. The number of ether oxygens (including phenoxy) is 1. The molecule has 0 bridgehead atoms. The zero-order valence-corrected chi connectivity index (χ0v) is 28.6. The zero-order valence-electron chi connectivity index (χ0n) is 28.6. The van der Waals surface area contributed by atoms with E-state index in [1.54, 1.807) is 6.07 Å². The second-order valence-corrected chi connectivity index (χ2v) is 18.1. The summed E-state index contributed by atoms with van der Waals surface area (Å²) in [6.45, 7) is 17.3. The normalized spacial score (nSPS) is 44.2. The molecular weight excluding hydrogens is 548 g/mol. The van der Waals surface area contributed by atoms with Gasteiger partial charge >= 0.3 is 5.97 Å². The maximum atomic E-state index is 13.1. The summed E-state index contributed by atoms with van der Waals surface area (Å²) in [4.78, 5) is 13.1. The summed E-state index contributed by atoms with van der Waals surface area (Å²) in [5.41, 5.74) is 1.69. The number of rotatable bonds is 4. The molecule has 6 rings (SSSR count). The molecule has 1 unspecified atom stereocenters. The highest BCUT2D eigenvalue weighted by Crippen LogP contribution is 2.71. The van der Waals surface area contributed by atoms with Crippen molar-refractivity contribution in [3.05, 3.63) is 23.8 Å². The van der Waals surface area contributed by atoms with Crippen molar-refractivity contribution in [2.45, 2.75) is 144 Å². The minimum absolute atomic E-state index is 0.00365. The molecule has 5 nitrogen and oxygen atoms in total. The van der Waals surface area contributed by atoms with Gasteiger partial charge < -0.3 is 20.1 Å². The van der Waals surface area contributed by atoms with E-state index in [0.717, 1.165) is 36.7 Å². The fraction of sp³-hybridized carbons (Fsp3) is 0.821. The van der Waals surface area contributed by atoms with Gasteiger partial charge in [-0.1, -0.05) is 54.5 Å². The lowest BCUT2D eigenvalue weighted by atomic mass is 9.41. The molecule has 1 aromatic carbocycles. The van der Waals surface area contributed by atoms with Crippen LogP contribution in [0, 0.1) is 56.7 Å². The van der Waals surface area contributed by atoms with Crippen LogP contribution >= 0.6 is 0 Å². The van der Waals surface area contributed by atoms with Gasteiger partial charge in [-0.3, -0.25) is 4.79 Å². The maximum Gasteiger partial charge on any atom is 0.306 e. The molecule has 5 saturated carbocycles. The molecule has 44 heavy (non-hydrogen) atoms. The molecule has 0 amide bonds. The van der Waals surface area contributed by atoms with Crippen molar-refractivity contribution < 1.29 is 24.9 Å². The number of hydrogen-bond acceptors (Lipinski definition) is 5. The van der Waals surface area contributed by atoms with E-state index in [0.29, 0.717) is 35.0 Å². The summed E-state index contributed by atoms with van der Waals surface area (Å²) in [6, 6.07) is 4.75. The van der Waals surface area contributed by atoms with Crippen LogP contribution in [0.5, 0.6) is 11.5 Å². The molecule has 0 heterocycles. The van der Waals surface area contributed by atoms with E-state index in [-0.39, 0.29) is 52.3 Å². The van der Waals surface area contributed by atoms with E-state index in [1.807, 2.05) is 0 Å². The first-order valence-electron chi connectivity index (χ1n) is 17.9. The van der Waals surface area contributed by atoms with Crippen LogP contribution in [-0.4, -0.2) is 33.5 Å². The summed E-state index contributed by atoms with van der Waals surface area (Å²) < 4.78 is 6.27. The molecule has 5 aliphatic carbocycles. The molecule has 5 aliphatic rings. The SMILES string of the molecule is CC1(C)[C@@H](OC(=O)CCc2ccc(O)c(O)c2)CC[C@@]2(C)[C@H]1CC[C@@]1(C)CC3CC[C@H]4C(C)(C)[C@@H](O)CC[C@]4(C)[C@H]3CC[C@@H]12. The van der Waals surface area contributed by atoms with Crippen LogP contribution in [-0.2, 0) is 16.0 Å². The highest BCUT2D eigenvalue weighted by Gasteiger charge is 2.64. The molecule has 0 aromatic heterocycles. The Bertz CT molecular complexity index is 1250. The average Bonchev–Trinajstić information content (AvgIpc) is 3.10. The van der Waals surface area contributed by atoms with Gasteiger partial charge in [-0.2, -0.15) is 0 Å². The molecule has 10 atom stereocenters. The number of aliphatic hydroxyl groups excluding tert-OH is 1. The topological polar surface area (TPSA) is 87.0 Å². The van der Waals surface area contributed by atoms with Crippen LogP contribution in [0.1, 0.15) is 131 Å². The number of carbonyl (C=O) groups excluding carboxylic acids is 1. The molecule has 3 N–H and O–H groups in total. The van der Waals surface area contributed by atoms with Crippen molar-refractivity contribution in [1.29, 1.82) is 0 Å². The first-order valence-corrected chi connectivity index (χ1v) is 17.9. The van der Waals surface area contributed by atoms with Gasteiger partial charge in [-0.25, -0.2) is 0 Å². The zero-order chi connectivity index (χ0) is 31.9. The lowest BCUT2D eigenvalue weighted by Gasteiger charge is -2.64. The summed E-state index contributed by atoms with van der Waals surface area (Å²) in [7, 11) is 0. The van der Waals surface area contributed by atoms with Crippen LogP contribution in [0.25, 0.3) is 0 Å². The molecular formula is C39H60O5. The van der Waals surface area contributed by atoms with Gasteiger partial charge in [0.1, 0.15) is 6.10 Å². The number of aliphatic hydroxyl groups is 1. The molecule has 0 spiro atoms.